The van der Waals surface area contributed by atoms with E-state index in [0.29, 0.717) is 23.2 Å². The highest BCUT2D eigenvalue weighted by atomic mass is 35.5. The zero-order valence-electron chi connectivity index (χ0n) is 9.73. The molecule has 0 unspecified atom stereocenters. The van der Waals surface area contributed by atoms with E-state index < -0.39 is 0 Å². The van der Waals surface area contributed by atoms with E-state index in [0.717, 1.165) is 25.9 Å². The molecule has 1 heterocycles. The molecule has 1 aromatic rings. The lowest BCUT2D eigenvalue weighted by molar-refractivity contribution is 0.0910. The number of hydrogen-bond acceptors (Lipinski definition) is 3. The number of halogens is 1. The zero-order chi connectivity index (χ0) is 12.3. The lowest BCUT2D eigenvalue weighted by Crippen LogP contribution is -2.41. The number of rotatable bonds is 3. The third kappa shape index (κ3) is 3.28. The lowest BCUT2D eigenvalue weighted by atomic mass is 10.0. The number of piperidine rings is 1. The number of hydrogen-bond donors (Lipinski definition) is 1. The topological polar surface area (TPSA) is 46.3 Å². The van der Waals surface area contributed by atoms with Crippen molar-refractivity contribution in [3.63, 3.8) is 0 Å². The Balaban J connectivity index is 1.96. The first kappa shape index (κ1) is 12.6. The van der Waals surface area contributed by atoms with E-state index in [1.807, 2.05) is 12.1 Å². The lowest BCUT2D eigenvalue weighted by Gasteiger charge is -2.29. The second kappa shape index (κ2) is 5.63. The van der Waals surface area contributed by atoms with Gasteiger partial charge in [0.2, 0.25) is 0 Å². The van der Waals surface area contributed by atoms with Crippen molar-refractivity contribution in [2.24, 2.45) is 5.73 Å². The van der Waals surface area contributed by atoms with Gasteiger partial charge in [-0.2, -0.15) is 0 Å². The zero-order valence-corrected chi connectivity index (χ0v) is 10.5. The van der Waals surface area contributed by atoms with Crippen LogP contribution in [0.25, 0.3) is 0 Å². The molecule has 92 valence electrons. The normalized spacial score (nSPS) is 18.2. The Morgan fingerprint density at radius 1 is 1.35 bits per heavy atom. The molecule has 1 aliphatic heterocycles. The summed E-state index contributed by atoms with van der Waals surface area (Å²) in [5.41, 5.74) is 6.45. The third-order valence-corrected chi connectivity index (χ3v) is 3.50. The predicted molar refractivity (Wildman–Crippen MR) is 69.4 cm³/mol. The van der Waals surface area contributed by atoms with Crippen LogP contribution in [0.4, 0.5) is 0 Å². The molecule has 1 fully saturated rings. The first-order valence-corrected chi connectivity index (χ1v) is 6.30. The first-order chi connectivity index (χ1) is 8.16. The summed E-state index contributed by atoms with van der Waals surface area (Å²) < 4.78 is 0. The van der Waals surface area contributed by atoms with Crippen molar-refractivity contribution in [2.75, 3.05) is 19.6 Å². The largest absolute Gasteiger partial charge is 0.328 e. The Morgan fingerprint density at radius 2 is 2.00 bits per heavy atom. The molecule has 2 N–H and O–H groups in total. The van der Waals surface area contributed by atoms with Crippen molar-refractivity contribution in [2.45, 2.75) is 18.9 Å². The molecule has 3 nitrogen and oxygen atoms in total. The Hall–Kier alpha value is -0.900. The molecule has 0 amide bonds. The summed E-state index contributed by atoms with van der Waals surface area (Å²) in [5.74, 6) is 0.0890. The molecule has 0 aliphatic carbocycles. The monoisotopic (exact) mass is 252 g/mol. The highest BCUT2D eigenvalue weighted by Gasteiger charge is 2.19. The van der Waals surface area contributed by atoms with Crippen LogP contribution in [0.3, 0.4) is 0 Å². The van der Waals surface area contributed by atoms with Crippen molar-refractivity contribution in [1.29, 1.82) is 0 Å². The minimum absolute atomic E-state index is 0.0890. The second-order valence-corrected chi connectivity index (χ2v) is 4.92. The maximum atomic E-state index is 12.1. The molecule has 0 aromatic heterocycles. The minimum Gasteiger partial charge on any atom is -0.328 e. The summed E-state index contributed by atoms with van der Waals surface area (Å²) in [6.45, 7) is 2.24. The Morgan fingerprint density at radius 3 is 2.65 bits per heavy atom. The molecule has 0 atom stereocenters. The molecule has 0 bridgehead atoms. The Labute approximate surface area is 107 Å². The molecule has 17 heavy (non-hydrogen) atoms. The second-order valence-electron chi connectivity index (χ2n) is 4.52. The van der Waals surface area contributed by atoms with Crippen LogP contribution in [-0.2, 0) is 0 Å². The summed E-state index contributed by atoms with van der Waals surface area (Å²) in [5, 5.41) is 0.534. The Kier molecular flexibility index (Phi) is 4.15. The SMILES string of the molecule is NC1CCN(CC(=O)c2ccccc2Cl)CC1. The van der Waals surface area contributed by atoms with E-state index in [2.05, 4.69) is 4.90 Å². The molecule has 1 aromatic carbocycles. The van der Waals surface area contributed by atoms with E-state index in [9.17, 15) is 4.79 Å². The van der Waals surface area contributed by atoms with Crippen LogP contribution in [0.15, 0.2) is 24.3 Å². The van der Waals surface area contributed by atoms with Gasteiger partial charge in [-0.3, -0.25) is 9.69 Å². The summed E-state index contributed by atoms with van der Waals surface area (Å²) in [4.78, 5) is 14.2. The quantitative estimate of drug-likeness (QED) is 0.837. The van der Waals surface area contributed by atoms with Crippen LogP contribution in [-0.4, -0.2) is 36.4 Å². The molecular weight excluding hydrogens is 236 g/mol. The first-order valence-electron chi connectivity index (χ1n) is 5.92. The molecule has 2 rings (SSSR count). The minimum atomic E-state index is 0.0890. The van der Waals surface area contributed by atoms with Crippen molar-refractivity contribution >= 4 is 17.4 Å². The van der Waals surface area contributed by atoms with Gasteiger partial charge in [0.1, 0.15) is 0 Å². The maximum Gasteiger partial charge on any atom is 0.178 e. The predicted octanol–water partition coefficient (Wildman–Crippen LogP) is 1.95. The van der Waals surface area contributed by atoms with E-state index in [1.165, 1.54) is 0 Å². The van der Waals surface area contributed by atoms with Crippen LogP contribution in [0.1, 0.15) is 23.2 Å². The smallest absolute Gasteiger partial charge is 0.178 e. The maximum absolute atomic E-state index is 12.1. The van der Waals surface area contributed by atoms with Crippen molar-refractivity contribution < 1.29 is 4.79 Å². The molecule has 0 radical (unpaired) electrons. The number of benzene rings is 1. The van der Waals surface area contributed by atoms with Crippen LogP contribution in [0.5, 0.6) is 0 Å². The van der Waals surface area contributed by atoms with Gasteiger partial charge < -0.3 is 5.73 Å². The standard InChI is InChI=1S/C13H17ClN2O/c14-12-4-2-1-3-11(12)13(17)9-16-7-5-10(15)6-8-16/h1-4,10H,5-9,15H2. The fraction of sp³-hybridized carbons (Fsp3) is 0.462. The van der Waals surface area contributed by atoms with Gasteiger partial charge in [-0.1, -0.05) is 23.7 Å². The highest BCUT2D eigenvalue weighted by Crippen LogP contribution is 2.17. The van der Waals surface area contributed by atoms with E-state index in [-0.39, 0.29) is 5.78 Å². The Bertz CT molecular complexity index is 400. The van der Waals surface area contributed by atoms with Gasteiger partial charge in [-0.05, 0) is 25.0 Å². The molecular formula is C13H17ClN2O. The van der Waals surface area contributed by atoms with Crippen LogP contribution in [0, 0.1) is 0 Å². The molecule has 1 aliphatic rings. The van der Waals surface area contributed by atoms with Gasteiger partial charge >= 0.3 is 0 Å². The average Bonchev–Trinajstić information content (AvgIpc) is 2.32. The van der Waals surface area contributed by atoms with Gasteiger partial charge in [0.15, 0.2) is 5.78 Å². The number of ketones is 1. The summed E-state index contributed by atoms with van der Waals surface area (Å²) >= 11 is 6.00. The van der Waals surface area contributed by atoms with Gasteiger partial charge in [0.25, 0.3) is 0 Å². The number of nitrogens with two attached hydrogens (primary N) is 1. The van der Waals surface area contributed by atoms with Gasteiger partial charge in [-0.15, -0.1) is 0 Å². The summed E-state index contributed by atoms with van der Waals surface area (Å²) in [6, 6.07) is 7.49. The van der Waals surface area contributed by atoms with Crippen LogP contribution < -0.4 is 5.73 Å². The number of nitrogens with zero attached hydrogens (tertiary/aromatic N) is 1. The van der Waals surface area contributed by atoms with Crippen LogP contribution >= 0.6 is 11.6 Å². The van der Waals surface area contributed by atoms with Crippen molar-refractivity contribution in [3.8, 4) is 0 Å². The molecule has 0 saturated carbocycles. The average molecular weight is 253 g/mol. The number of carbonyl (C=O) groups is 1. The summed E-state index contributed by atoms with van der Waals surface area (Å²) in [6.07, 6.45) is 1.94. The molecule has 1 saturated heterocycles. The fourth-order valence-electron chi connectivity index (χ4n) is 2.09. The number of Topliss-reactive ketones (excluding diaryl/α,β-unsaturated/α-hetero) is 1. The van der Waals surface area contributed by atoms with E-state index in [4.69, 9.17) is 17.3 Å². The fourth-order valence-corrected chi connectivity index (χ4v) is 2.33. The number of carbonyl (C=O) groups excluding carboxylic acids is 1. The van der Waals surface area contributed by atoms with Gasteiger partial charge in [0.05, 0.1) is 11.6 Å². The number of likely N-dealkylation sites (tertiary alicyclic amines) is 1. The summed E-state index contributed by atoms with van der Waals surface area (Å²) in [7, 11) is 0. The van der Waals surface area contributed by atoms with E-state index in [1.54, 1.807) is 12.1 Å². The molecule has 0 spiro atoms. The molecule has 4 heteroatoms. The third-order valence-electron chi connectivity index (χ3n) is 3.17. The highest BCUT2D eigenvalue weighted by molar-refractivity contribution is 6.34. The van der Waals surface area contributed by atoms with Gasteiger partial charge in [0, 0.05) is 24.7 Å². The van der Waals surface area contributed by atoms with Crippen LogP contribution in [0.2, 0.25) is 5.02 Å². The van der Waals surface area contributed by atoms with E-state index >= 15 is 0 Å². The van der Waals surface area contributed by atoms with Crippen molar-refractivity contribution in [1.82, 2.24) is 4.90 Å². The van der Waals surface area contributed by atoms with Crippen molar-refractivity contribution in [3.05, 3.63) is 34.9 Å². The van der Waals surface area contributed by atoms with Gasteiger partial charge in [-0.25, -0.2) is 0 Å².